The number of fused-ring (bicyclic) bond motifs is 1. The molecule has 8 heteroatoms. The third-order valence-corrected chi connectivity index (χ3v) is 6.32. The molecule has 2 aromatic rings. The predicted molar refractivity (Wildman–Crippen MR) is 111 cm³/mol. The summed E-state index contributed by atoms with van der Waals surface area (Å²) in [7, 11) is -2.49. The molecule has 7 nitrogen and oxygen atoms in total. The van der Waals surface area contributed by atoms with Gasteiger partial charge in [0.2, 0.25) is 10.0 Å². The Balaban J connectivity index is 1.73. The second-order valence-corrected chi connectivity index (χ2v) is 9.40. The molecule has 156 valence electrons. The standard InChI is InChI=1S/C21H27N3O4S/c1-21(2,24-11-10-15-6-4-5-7-16(15)13-24)14-23-20(25)18-12-17(29(22,26)27)8-9-19(18)28-3/h4-9,12H,10-11,13-14H2,1-3H3,(H,23,25)(H2,22,26,27). The number of ether oxygens (including phenoxy) is 1. The van der Waals surface area contributed by atoms with E-state index in [-0.39, 0.29) is 16.0 Å². The maximum Gasteiger partial charge on any atom is 0.255 e. The first kappa shape index (κ1) is 21.3. The van der Waals surface area contributed by atoms with Crippen LogP contribution in [0, 0.1) is 0 Å². The number of rotatable bonds is 6. The fourth-order valence-corrected chi connectivity index (χ4v) is 4.10. The van der Waals surface area contributed by atoms with Crippen LogP contribution < -0.4 is 15.2 Å². The van der Waals surface area contributed by atoms with Crippen molar-refractivity contribution < 1.29 is 17.9 Å². The van der Waals surface area contributed by atoms with Crippen LogP contribution in [0.15, 0.2) is 47.4 Å². The first-order valence-electron chi connectivity index (χ1n) is 9.43. The summed E-state index contributed by atoms with van der Waals surface area (Å²) in [6.07, 6.45) is 0.970. The van der Waals surface area contributed by atoms with E-state index in [1.165, 1.54) is 36.4 Å². The van der Waals surface area contributed by atoms with Crippen molar-refractivity contribution in [1.82, 2.24) is 10.2 Å². The van der Waals surface area contributed by atoms with Gasteiger partial charge in [-0.3, -0.25) is 9.69 Å². The van der Waals surface area contributed by atoms with Crippen molar-refractivity contribution in [3.63, 3.8) is 0 Å². The van der Waals surface area contributed by atoms with Gasteiger partial charge in [0.1, 0.15) is 5.75 Å². The normalized spacial score (nSPS) is 14.9. The van der Waals surface area contributed by atoms with E-state index in [0.29, 0.717) is 12.3 Å². The van der Waals surface area contributed by atoms with Crippen LogP contribution in [0.5, 0.6) is 5.75 Å². The van der Waals surface area contributed by atoms with Gasteiger partial charge in [-0.15, -0.1) is 0 Å². The van der Waals surface area contributed by atoms with Crippen LogP contribution in [0.25, 0.3) is 0 Å². The predicted octanol–water partition coefficient (Wildman–Crippen LogP) is 1.91. The van der Waals surface area contributed by atoms with Crippen LogP contribution in [0.3, 0.4) is 0 Å². The van der Waals surface area contributed by atoms with E-state index in [9.17, 15) is 13.2 Å². The summed E-state index contributed by atoms with van der Waals surface area (Å²) < 4.78 is 28.5. The lowest BCUT2D eigenvalue weighted by atomic mass is 9.94. The summed E-state index contributed by atoms with van der Waals surface area (Å²) in [4.78, 5) is 15.0. The zero-order valence-electron chi connectivity index (χ0n) is 16.9. The van der Waals surface area contributed by atoms with E-state index in [2.05, 4.69) is 42.3 Å². The van der Waals surface area contributed by atoms with E-state index >= 15 is 0 Å². The second kappa shape index (κ2) is 8.14. The number of carbonyl (C=O) groups excluding carboxylic acids is 1. The lowest BCUT2D eigenvalue weighted by molar-refractivity contribution is 0.0824. The fraction of sp³-hybridized carbons (Fsp3) is 0.381. The Morgan fingerprint density at radius 3 is 2.55 bits per heavy atom. The molecule has 2 aromatic carbocycles. The molecule has 1 amide bonds. The van der Waals surface area contributed by atoms with Crippen LogP contribution in [0.2, 0.25) is 0 Å². The molecular formula is C21H27N3O4S. The minimum absolute atomic E-state index is 0.129. The number of nitrogens with zero attached hydrogens (tertiary/aromatic N) is 1. The molecule has 0 bridgehead atoms. The molecule has 0 aliphatic carbocycles. The number of methoxy groups -OCH3 is 1. The van der Waals surface area contributed by atoms with Gasteiger partial charge in [-0.1, -0.05) is 24.3 Å². The van der Waals surface area contributed by atoms with Gasteiger partial charge in [-0.2, -0.15) is 0 Å². The molecule has 3 rings (SSSR count). The third kappa shape index (κ3) is 4.77. The molecule has 0 fully saturated rings. The van der Waals surface area contributed by atoms with E-state index in [1.807, 2.05) is 6.07 Å². The lowest BCUT2D eigenvalue weighted by Gasteiger charge is -2.41. The molecule has 0 unspecified atom stereocenters. The minimum Gasteiger partial charge on any atom is -0.496 e. The Kier molecular flexibility index (Phi) is 5.97. The first-order valence-corrected chi connectivity index (χ1v) is 11.0. The van der Waals surface area contributed by atoms with Crippen molar-refractivity contribution in [1.29, 1.82) is 0 Å². The quantitative estimate of drug-likeness (QED) is 0.748. The summed E-state index contributed by atoms with van der Waals surface area (Å²) in [5.74, 6) is -0.113. The van der Waals surface area contributed by atoms with Gasteiger partial charge < -0.3 is 10.1 Å². The van der Waals surface area contributed by atoms with Crippen molar-refractivity contribution >= 4 is 15.9 Å². The average molecular weight is 418 g/mol. The molecule has 0 spiro atoms. The van der Waals surface area contributed by atoms with Gasteiger partial charge in [0.05, 0.1) is 17.6 Å². The van der Waals surface area contributed by atoms with Crippen molar-refractivity contribution in [2.24, 2.45) is 5.14 Å². The van der Waals surface area contributed by atoms with Crippen LogP contribution in [0.1, 0.15) is 35.3 Å². The molecule has 0 radical (unpaired) electrons. The largest absolute Gasteiger partial charge is 0.496 e. The summed E-state index contributed by atoms with van der Waals surface area (Å²) in [6, 6.07) is 12.4. The number of amides is 1. The fourth-order valence-electron chi connectivity index (χ4n) is 3.56. The highest BCUT2D eigenvalue weighted by atomic mass is 32.2. The molecule has 1 aliphatic heterocycles. The Hall–Kier alpha value is -2.42. The van der Waals surface area contributed by atoms with E-state index in [0.717, 1.165) is 19.5 Å². The molecular weight excluding hydrogens is 390 g/mol. The van der Waals surface area contributed by atoms with Crippen molar-refractivity contribution in [2.75, 3.05) is 20.2 Å². The van der Waals surface area contributed by atoms with Crippen LogP contribution in [0.4, 0.5) is 0 Å². The van der Waals surface area contributed by atoms with Gasteiger partial charge >= 0.3 is 0 Å². The number of benzene rings is 2. The number of hydrogen-bond donors (Lipinski definition) is 2. The first-order chi connectivity index (χ1) is 13.6. The Labute approximate surface area is 171 Å². The monoisotopic (exact) mass is 417 g/mol. The maximum atomic E-state index is 12.8. The average Bonchev–Trinajstić information content (AvgIpc) is 2.70. The van der Waals surface area contributed by atoms with Gasteiger partial charge in [-0.25, -0.2) is 13.6 Å². The number of primary sulfonamides is 1. The molecule has 0 saturated heterocycles. The summed E-state index contributed by atoms with van der Waals surface area (Å²) in [5, 5.41) is 8.11. The van der Waals surface area contributed by atoms with Crippen molar-refractivity contribution in [3.05, 3.63) is 59.2 Å². The van der Waals surface area contributed by atoms with Gasteiger partial charge in [0, 0.05) is 25.2 Å². The zero-order valence-corrected chi connectivity index (χ0v) is 17.8. The molecule has 29 heavy (non-hydrogen) atoms. The van der Waals surface area contributed by atoms with E-state index in [4.69, 9.17) is 9.88 Å². The highest BCUT2D eigenvalue weighted by Crippen LogP contribution is 2.26. The highest BCUT2D eigenvalue weighted by molar-refractivity contribution is 7.89. The third-order valence-electron chi connectivity index (χ3n) is 5.41. The molecule has 0 atom stereocenters. The maximum absolute atomic E-state index is 12.8. The zero-order chi connectivity index (χ0) is 21.2. The summed E-state index contributed by atoms with van der Waals surface area (Å²) >= 11 is 0. The summed E-state index contributed by atoms with van der Waals surface area (Å²) in [6.45, 7) is 6.29. The highest BCUT2D eigenvalue weighted by Gasteiger charge is 2.30. The second-order valence-electron chi connectivity index (χ2n) is 7.84. The van der Waals surface area contributed by atoms with Gasteiger partial charge in [0.25, 0.3) is 5.91 Å². The summed E-state index contributed by atoms with van der Waals surface area (Å²) in [5.41, 5.74) is 2.53. The van der Waals surface area contributed by atoms with E-state index < -0.39 is 15.9 Å². The lowest BCUT2D eigenvalue weighted by Crippen LogP contribution is -2.53. The van der Waals surface area contributed by atoms with Crippen LogP contribution >= 0.6 is 0 Å². The van der Waals surface area contributed by atoms with Crippen molar-refractivity contribution in [2.45, 2.75) is 37.2 Å². The minimum atomic E-state index is -3.92. The van der Waals surface area contributed by atoms with Gasteiger partial charge in [-0.05, 0) is 49.6 Å². The van der Waals surface area contributed by atoms with Crippen LogP contribution in [-0.4, -0.2) is 45.0 Å². The topological polar surface area (TPSA) is 102 Å². The number of carbonyl (C=O) groups is 1. The van der Waals surface area contributed by atoms with Crippen molar-refractivity contribution in [3.8, 4) is 5.75 Å². The van der Waals surface area contributed by atoms with Crippen LogP contribution in [-0.2, 0) is 23.0 Å². The Morgan fingerprint density at radius 2 is 1.90 bits per heavy atom. The molecule has 1 heterocycles. The number of hydrogen-bond acceptors (Lipinski definition) is 5. The number of nitrogens with two attached hydrogens (primary N) is 1. The Bertz CT molecular complexity index is 1020. The number of nitrogens with one attached hydrogen (secondary N) is 1. The Morgan fingerprint density at radius 1 is 1.21 bits per heavy atom. The molecule has 0 aromatic heterocycles. The number of sulfonamides is 1. The molecule has 0 saturated carbocycles. The SMILES string of the molecule is COc1ccc(S(N)(=O)=O)cc1C(=O)NCC(C)(C)N1CCc2ccccc2C1. The van der Waals surface area contributed by atoms with E-state index in [1.54, 1.807) is 0 Å². The molecule has 3 N–H and O–H groups in total. The smallest absolute Gasteiger partial charge is 0.255 e. The van der Waals surface area contributed by atoms with Gasteiger partial charge in [0.15, 0.2) is 0 Å². The molecule has 1 aliphatic rings.